The average Bonchev–Trinajstić information content (AvgIpc) is 3.38. The number of nitrogens with zero attached hydrogens (tertiary/aromatic N) is 2. The van der Waals surface area contributed by atoms with Crippen molar-refractivity contribution in [3.63, 3.8) is 0 Å². The number of pyridine rings is 1. The van der Waals surface area contributed by atoms with Gasteiger partial charge >= 0.3 is 0 Å². The molecule has 5 rings (SSSR count). The number of amides is 2. The quantitative estimate of drug-likeness (QED) is 0.530. The van der Waals surface area contributed by atoms with E-state index in [0.717, 1.165) is 31.8 Å². The second kappa shape index (κ2) is 9.00. The average molecular weight is 488 g/mol. The van der Waals surface area contributed by atoms with Crippen molar-refractivity contribution in [2.24, 2.45) is 0 Å². The normalized spacial score (nSPS) is 21.2. The number of fused-ring (bicyclic) bond motifs is 1. The summed E-state index contributed by atoms with van der Waals surface area (Å²) in [6.07, 6.45) is 1.46. The Morgan fingerprint density at radius 2 is 2.00 bits per heavy atom. The van der Waals surface area contributed by atoms with Crippen molar-refractivity contribution < 1.29 is 18.7 Å². The monoisotopic (exact) mass is 487 g/mol. The molecule has 0 unspecified atom stereocenters. The van der Waals surface area contributed by atoms with E-state index in [1.54, 1.807) is 6.20 Å². The molecule has 33 heavy (non-hydrogen) atoms. The maximum Gasteiger partial charge on any atom is 0.229 e. The van der Waals surface area contributed by atoms with Gasteiger partial charge in [0, 0.05) is 53.2 Å². The molecule has 2 aromatic heterocycles. The van der Waals surface area contributed by atoms with Crippen LogP contribution in [0.5, 0.6) is 5.75 Å². The third kappa shape index (κ3) is 4.35. The topological polar surface area (TPSA) is 71.5 Å². The minimum atomic E-state index is -1.08. The lowest BCUT2D eigenvalue weighted by Gasteiger charge is -2.24. The van der Waals surface area contributed by atoms with Gasteiger partial charge in [-0.2, -0.15) is 0 Å². The largest absolute Gasteiger partial charge is 0.485 e. The molecule has 0 aliphatic carbocycles. The SMILES string of the molecule is Cc1cc(Cl)cc(-c2ccnc3cc(CN4C(=O)CCCC4=O)sc23)c1O[C@@H]1CNC[C@@H]1F. The minimum Gasteiger partial charge on any atom is -0.485 e. The summed E-state index contributed by atoms with van der Waals surface area (Å²) in [6, 6.07) is 7.43. The molecule has 2 aliphatic rings. The smallest absolute Gasteiger partial charge is 0.229 e. The van der Waals surface area contributed by atoms with Gasteiger partial charge in [-0.05, 0) is 43.2 Å². The number of alkyl halides is 1. The Morgan fingerprint density at radius 1 is 1.21 bits per heavy atom. The van der Waals surface area contributed by atoms with Gasteiger partial charge in [0.15, 0.2) is 6.17 Å². The molecule has 2 amide bonds. The van der Waals surface area contributed by atoms with E-state index in [4.69, 9.17) is 16.3 Å². The molecule has 0 bridgehead atoms. The van der Waals surface area contributed by atoms with Crippen molar-refractivity contribution in [1.82, 2.24) is 15.2 Å². The number of halogens is 2. The van der Waals surface area contributed by atoms with Gasteiger partial charge in [0.25, 0.3) is 0 Å². The van der Waals surface area contributed by atoms with Crippen LogP contribution < -0.4 is 10.1 Å². The number of thiophene rings is 1. The predicted molar refractivity (Wildman–Crippen MR) is 126 cm³/mol. The van der Waals surface area contributed by atoms with Gasteiger partial charge in [-0.3, -0.25) is 19.5 Å². The summed E-state index contributed by atoms with van der Waals surface area (Å²) >= 11 is 7.89. The number of hydrogen-bond donors (Lipinski definition) is 1. The standard InChI is InChI=1S/C24H23ClFN3O3S/c1-13-7-14(25)8-17(23(13)32-20-11-27-10-18(20)26)16-5-6-28-19-9-15(33-24(16)19)12-29-21(30)3-2-4-22(29)31/h5-9,18,20,27H,2-4,10-12H2,1H3/t18-,20+/m0/s1. The number of ether oxygens (including phenoxy) is 1. The molecule has 3 aromatic rings. The summed E-state index contributed by atoms with van der Waals surface area (Å²) in [6.45, 7) is 2.85. The van der Waals surface area contributed by atoms with Crippen molar-refractivity contribution in [3.8, 4) is 16.9 Å². The van der Waals surface area contributed by atoms with Crippen LogP contribution in [0, 0.1) is 6.92 Å². The van der Waals surface area contributed by atoms with Gasteiger partial charge in [0.2, 0.25) is 11.8 Å². The molecule has 2 saturated heterocycles. The Balaban J connectivity index is 1.55. The van der Waals surface area contributed by atoms with E-state index < -0.39 is 12.3 Å². The van der Waals surface area contributed by atoms with Gasteiger partial charge in [-0.1, -0.05) is 11.6 Å². The molecule has 2 atom stereocenters. The maximum absolute atomic E-state index is 14.3. The van der Waals surface area contributed by atoms with Crippen molar-refractivity contribution in [3.05, 3.63) is 45.9 Å². The zero-order valence-corrected chi connectivity index (χ0v) is 19.6. The second-order valence-corrected chi connectivity index (χ2v) is 10.0. The lowest BCUT2D eigenvalue weighted by Crippen LogP contribution is -2.39. The number of carbonyl (C=O) groups excluding carboxylic acids is 2. The number of rotatable bonds is 5. The van der Waals surface area contributed by atoms with Gasteiger partial charge in [-0.25, -0.2) is 4.39 Å². The molecular weight excluding hydrogens is 465 g/mol. The number of nitrogens with one attached hydrogen (secondary N) is 1. The third-order valence-corrected chi connectivity index (χ3v) is 7.41. The highest BCUT2D eigenvalue weighted by molar-refractivity contribution is 7.19. The van der Waals surface area contributed by atoms with Gasteiger partial charge in [0.1, 0.15) is 11.9 Å². The Kier molecular flexibility index (Phi) is 6.07. The summed E-state index contributed by atoms with van der Waals surface area (Å²) in [4.78, 5) is 31.2. The van der Waals surface area contributed by atoms with E-state index in [2.05, 4.69) is 10.3 Å². The molecule has 172 valence electrons. The fourth-order valence-corrected chi connectivity index (χ4v) is 5.79. The van der Waals surface area contributed by atoms with Crippen LogP contribution in [0.3, 0.4) is 0 Å². The summed E-state index contributed by atoms with van der Waals surface area (Å²) in [5, 5.41) is 3.58. The summed E-state index contributed by atoms with van der Waals surface area (Å²) in [5.74, 6) is 0.326. The Bertz CT molecular complexity index is 1230. The first kappa shape index (κ1) is 22.3. The molecule has 0 spiro atoms. The highest BCUT2D eigenvalue weighted by Gasteiger charge is 2.30. The van der Waals surface area contributed by atoms with Crippen LogP contribution in [0.4, 0.5) is 4.39 Å². The van der Waals surface area contributed by atoms with E-state index >= 15 is 0 Å². The Labute approximate surface area is 199 Å². The molecule has 0 saturated carbocycles. The molecular formula is C24H23ClFN3O3S. The van der Waals surface area contributed by atoms with E-state index in [0.29, 0.717) is 36.6 Å². The first-order chi connectivity index (χ1) is 15.9. The zero-order valence-electron chi connectivity index (χ0n) is 18.1. The van der Waals surface area contributed by atoms with Crippen LogP contribution >= 0.6 is 22.9 Å². The summed E-state index contributed by atoms with van der Waals surface area (Å²) in [5.41, 5.74) is 3.22. The van der Waals surface area contributed by atoms with Crippen molar-refractivity contribution >= 4 is 45.0 Å². The minimum absolute atomic E-state index is 0.135. The highest BCUT2D eigenvalue weighted by atomic mass is 35.5. The van der Waals surface area contributed by atoms with Gasteiger partial charge < -0.3 is 10.1 Å². The maximum atomic E-state index is 14.3. The van der Waals surface area contributed by atoms with Crippen molar-refractivity contribution in [1.29, 1.82) is 0 Å². The lowest BCUT2D eigenvalue weighted by molar-refractivity contribution is -0.148. The van der Waals surface area contributed by atoms with E-state index in [1.807, 2.05) is 31.2 Å². The Hall–Kier alpha value is -2.55. The van der Waals surface area contributed by atoms with E-state index in [9.17, 15) is 14.0 Å². The van der Waals surface area contributed by atoms with Crippen LogP contribution in [-0.4, -0.2) is 47.1 Å². The molecule has 2 aliphatic heterocycles. The van der Waals surface area contributed by atoms with Crippen LogP contribution in [-0.2, 0) is 16.1 Å². The molecule has 6 nitrogen and oxygen atoms in total. The second-order valence-electron chi connectivity index (χ2n) is 8.44. The molecule has 1 N–H and O–H groups in total. The zero-order chi connectivity index (χ0) is 23.1. The van der Waals surface area contributed by atoms with Crippen LogP contribution in [0.15, 0.2) is 30.5 Å². The number of aromatic nitrogens is 1. The molecule has 1 aromatic carbocycles. The first-order valence-electron chi connectivity index (χ1n) is 10.9. The van der Waals surface area contributed by atoms with Crippen LogP contribution in [0.25, 0.3) is 21.3 Å². The molecule has 4 heterocycles. The number of imide groups is 1. The molecule has 0 radical (unpaired) electrons. The number of hydrogen-bond acceptors (Lipinski definition) is 6. The number of piperidine rings is 1. The fourth-order valence-electron chi connectivity index (χ4n) is 4.39. The van der Waals surface area contributed by atoms with Crippen LogP contribution in [0.2, 0.25) is 5.02 Å². The first-order valence-corrected chi connectivity index (χ1v) is 12.1. The lowest BCUT2D eigenvalue weighted by atomic mass is 10.0. The number of likely N-dealkylation sites (tertiary alicyclic amines) is 1. The predicted octanol–water partition coefficient (Wildman–Crippen LogP) is 4.65. The fraction of sp³-hybridized carbons (Fsp3) is 0.375. The third-order valence-electron chi connectivity index (χ3n) is 6.05. The Morgan fingerprint density at radius 3 is 2.73 bits per heavy atom. The van der Waals surface area contributed by atoms with Crippen molar-refractivity contribution in [2.75, 3.05) is 13.1 Å². The van der Waals surface area contributed by atoms with Gasteiger partial charge in [-0.15, -0.1) is 11.3 Å². The summed E-state index contributed by atoms with van der Waals surface area (Å²) < 4.78 is 21.3. The van der Waals surface area contributed by atoms with Crippen molar-refractivity contribution in [2.45, 2.75) is 45.0 Å². The number of aryl methyl sites for hydroxylation is 1. The van der Waals surface area contributed by atoms with E-state index in [1.165, 1.54) is 16.2 Å². The van der Waals surface area contributed by atoms with Crippen LogP contribution in [0.1, 0.15) is 29.7 Å². The number of benzene rings is 1. The molecule has 2 fully saturated rings. The highest BCUT2D eigenvalue weighted by Crippen LogP contribution is 2.42. The van der Waals surface area contributed by atoms with Gasteiger partial charge in [0.05, 0.1) is 16.8 Å². The summed E-state index contributed by atoms with van der Waals surface area (Å²) in [7, 11) is 0. The van der Waals surface area contributed by atoms with E-state index in [-0.39, 0.29) is 24.9 Å². The number of carbonyl (C=O) groups is 2. The molecule has 9 heteroatoms.